The van der Waals surface area contributed by atoms with Gasteiger partial charge in [-0.1, -0.05) is 37.0 Å². The van der Waals surface area contributed by atoms with Crippen molar-refractivity contribution in [1.29, 1.82) is 0 Å². The first-order valence-electron chi connectivity index (χ1n) is 9.90. The van der Waals surface area contributed by atoms with Gasteiger partial charge in [-0.05, 0) is 44.7 Å². The van der Waals surface area contributed by atoms with E-state index in [2.05, 4.69) is 0 Å². The molecule has 5 nitrogen and oxygen atoms in total. The van der Waals surface area contributed by atoms with E-state index in [9.17, 15) is 14.7 Å². The van der Waals surface area contributed by atoms with Crippen molar-refractivity contribution >= 4 is 11.8 Å². The zero-order valence-corrected chi connectivity index (χ0v) is 15.5. The number of aliphatic hydroxyl groups excluding tert-OH is 1. The van der Waals surface area contributed by atoms with Crippen LogP contribution in [0.2, 0.25) is 0 Å². The van der Waals surface area contributed by atoms with Gasteiger partial charge >= 0.3 is 0 Å². The summed E-state index contributed by atoms with van der Waals surface area (Å²) < 4.78 is 0. The van der Waals surface area contributed by atoms with Gasteiger partial charge in [-0.3, -0.25) is 9.59 Å². The van der Waals surface area contributed by atoms with E-state index in [-0.39, 0.29) is 23.4 Å². The SMILES string of the molecule is Cc1cccc(C(=O)N2CCC(N3C(=O)C(O)C34CCCCC4)CC2)c1. The Balaban J connectivity index is 1.42. The summed E-state index contributed by atoms with van der Waals surface area (Å²) >= 11 is 0. The van der Waals surface area contributed by atoms with Crippen LogP contribution < -0.4 is 0 Å². The molecule has 1 aromatic carbocycles. The number of aryl methyl sites for hydroxylation is 1. The van der Waals surface area contributed by atoms with Gasteiger partial charge < -0.3 is 14.9 Å². The quantitative estimate of drug-likeness (QED) is 0.828. The number of β-lactam (4-membered cyclic amide) rings is 1. The van der Waals surface area contributed by atoms with Gasteiger partial charge in [-0.25, -0.2) is 0 Å². The highest BCUT2D eigenvalue weighted by molar-refractivity contribution is 5.94. The van der Waals surface area contributed by atoms with Crippen LogP contribution in [0, 0.1) is 6.92 Å². The average molecular weight is 356 g/mol. The Morgan fingerprint density at radius 2 is 1.85 bits per heavy atom. The van der Waals surface area contributed by atoms with Gasteiger partial charge in [0.15, 0.2) is 6.10 Å². The first-order valence-corrected chi connectivity index (χ1v) is 9.90. The summed E-state index contributed by atoms with van der Waals surface area (Å²) in [6.07, 6.45) is 6.01. The number of hydrogen-bond acceptors (Lipinski definition) is 3. The number of nitrogens with zero attached hydrogens (tertiary/aromatic N) is 2. The molecule has 2 saturated heterocycles. The van der Waals surface area contributed by atoms with Gasteiger partial charge in [0.2, 0.25) is 0 Å². The number of aliphatic hydroxyl groups is 1. The molecule has 0 radical (unpaired) electrons. The topological polar surface area (TPSA) is 60.9 Å². The van der Waals surface area contributed by atoms with Gasteiger partial charge in [0, 0.05) is 24.7 Å². The first kappa shape index (κ1) is 17.5. The Morgan fingerprint density at radius 1 is 1.15 bits per heavy atom. The summed E-state index contributed by atoms with van der Waals surface area (Å²) in [5.74, 6) is -0.0233. The predicted molar refractivity (Wildman–Crippen MR) is 98.8 cm³/mol. The van der Waals surface area contributed by atoms with Crippen LogP contribution in [0.4, 0.5) is 0 Å². The number of hydrogen-bond donors (Lipinski definition) is 1. The second-order valence-electron chi connectivity index (χ2n) is 8.17. The van der Waals surface area contributed by atoms with Crippen LogP contribution in [0.1, 0.15) is 60.9 Å². The molecule has 140 valence electrons. The molecule has 2 heterocycles. The Labute approximate surface area is 155 Å². The molecule has 1 unspecified atom stereocenters. The zero-order valence-electron chi connectivity index (χ0n) is 15.5. The van der Waals surface area contributed by atoms with Crippen LogP contribution in [-0.2, 0) is 4.79 Å². The smallest absolute Gasteiger partial charge is 0.254 e. The summed E-state index contributed by atoms with van der Waals surface area (Å²) in [5.41, 5.74) is 1.51. The third kappa shape index (κ3) is 2.73. The number of amides is 2. The second-order valence-corrected chi connectivity index (χ2v) is 8.17. The summed E-state index contributed by atoms with van der Waals surface area (Å²) in [7, 11) is 0. The minimum atomic E-state index is -0.810. The van der Waals surface area contributed by atoms with Gasteiger partial charge in [0.25, 0.3) is 11.8 Å². The Kier molecular flexibility index (Phi) is 4.51. The fourth-order valence-electron chi connectivity index (χ4n) is 5.16. The van der Waals surface area contributed by atoms with Crippen molar-refractivity contribution in [1.82, 2.24) is 9.80 Å². The molecule has 3 aliphatic rings. The first-order chi connectivity index (χ1) is 12.5. The number of rotatable bonds is 2. The number of carbonyl (C=O) groups excluding carboxylic acids is 2. The molecule has 26 heavy (non-hydrogen) atoms. The van der Waals surface area contributed by atoms with Crippen molar-refractivity contribution in [3.05, 3.63) is 35.4 Å². The Bertz CT molecular complexity index is 703. The van der Waals surface area contributed by atoms with Crippen molar-refractivity contribution in [3.63, 3.8) is 0 Å². The highest BCUT2D eigenvalue weighted by Crippen LogP contribution is 2.46. The lowest BCUT2D eigenvalue weighted by Gasteiger charge is -2.61. The van der Waals surface area contributed by atoms with Gasteiger partial charge in [0.05, 0.1) is 5.54 Å². The molecule has 3 fully saturated rings. The molecule has 2 amide bonds. The van der Waals surface area contributed by atoms with Crippen LogP contribution in [0.5, 0.6) is 0 Å². The lowest BCUT2D eigenvalue weighted by molar-refractivity contribution is -0.200. The van der Waals surface area contributed by atoms with E-state index in [1.807, 2.05) is 41.0 Å². The maximum absolute atomic E-state index is 12.7. The monoisotopic (exact) mass is 356 g/mol. The molecule has 1 saturated carbocycles. The van der Waals surface area contributed by atoms with E-state index < -0.39 is 6.10 Å². The number of piperidine rings is 1. The van der Waals surface area contributed by atoms with Crippen LogP contribution in [0.3, 0.4) is 0 Å². The summed E-state index contributed by atoms with van der Waals surface area (Å²) in [4.78, 5) is 29.0. The average Bonchev–Trinajstić information content (AvgIpc) is 2.68. The third-order valence-electron chi connectivity index (χ3n) is 6.56. The number of carbonyl (C=O) groups is 2. The Morgan fingerprint density at radius 3 is 2.50 bits per heavy atom. The largest absolute Gasteiger partial charge is 0.381 e. The fourth-order valence-corrected chi connectivity index (χ4v) is 5.16. The van der Waals surface area contributed by atoms with Crippen molar-refractivity contribution < 1.29 is 14.7 Å². The summed E-state index contributed by atoms with van der Waals surface area (Å²) in [6.45, 7) is 3.34. The lowest BCUT2D eigenvalue weighted by Crippen LogP contribution is -2.77. The van der Waals surface area contributed by atoms with Crippen molar-refractivity contribution in [2.75, 3.05) is 13.1 Å². The summed E-state index contributed by atoms with van der Waals surface area (Å²) in [5, 5.41) is 10.4. The van der Waals surface area contributed by atoms with E-state index >= 15 is 0 Å². The van der Waals surface area contributed by atoms with E-state index in [1.54, 1.807) is 0 Å². The van der Waals surface area contributed by atoms with E-state index in [0.717, 1.165) is 49.7 Å². The fraction of sp³-hybridized carbons (Fsp3) is 0.619. The summed E-state index contributed by atoms with van der Waals surface area (Å²) in [6, 6.07) is 7.87. The molecule has 4 rings (SSSR count). The highest BCUT2D eigenvalue weighted by Gasteiger charge is 2.61. The lowest BCUT2D eigenvalue weighted by atomic mass is 9.68. The standard InChI is InChI=1S/C21H28N2O3/c1-15-6-5-7-16(14-15)19(25)22-12-8-17(9-13-22)23-20(26)18(24)21(23)10-3-2-4-11-21/h5-7,14,17-18,24H,2-4,8-13H2,1H3. The van der Waals surface area contributed by atoms with Crippen LogP contribution >= 0.6 is 0 Å². The Hall–Kier alpha value is -1.88. The van der Waals surface area contributed by atoms with Crippen LogP contribution in [0.25, 0.3) is 0 Å². The van der Waals surface area contributed by atoms with Crippen molar-refractivity contribution in [2.24, 2.45) is 0 Å². The van der Waals surface area contributed by atoms with Gasteiger partial charge in [0.1, 0.15) is 0 Å². The predicted octanol–water partition coefficient (Wildman–Crippen LogP) is 2.51. The molecular weight excluding hydrogens is 328 g/mol. The highest BCUT2D eigenvalue weighted by atomic mass is 16.3. The van der Waals surface area contributed by atoms with Gasteiger partial charge in [-0.15, -0.1) is 0 Å². The van der Waals surface area contributed by atoms with Crippen molar-refractivity contribution in [3.8, 4) is 0 Å². The van der Waals surface area contributed by atoms with E-state index in [4.69, 9.17) is 0 Å². The molecule has 0 bridgehead atoms. The minimum absolute atomic E-state index is 0.0782. The van der Waals surface area contributed by atoms with E-state index in [0.29, 0.717) is 13.1 Å². The second kappa shape index (κ2) is 6.69. The molecule has 1 aromatic rings. The van der Waals surface area contributed by atoms with E-state index in [1.165, 1.54) is 6.42 Å². The zero-order chi connectivity index (χ0) is 18.3. The van der Waals surface area contributed by atoms with Gasteiger partial charge in [-0.2, -0.15) is 0 Å². The number of benzene rings is 1. The molecule has 1 atom stereocenters. The van der Waals surface area contributed by atoms with Crippen LogP contribution in [-0.4, -0.2) is 57.5 Å². The van der Waals surface area contributed by atoms with Crippen LogP contribution in [0.15, 0.2) is 24.3 Å². The minimum Gasteiger partial charge on any atom is -0.381 e. The maximum Gasteiger partial charge on any atom is 0.254 e. The normalized spacial score (nSPS) is 26.1. The molecule has 1 spiro atoms. The molecule has 0 aromatic heterocycles. The number of likely N-dealkylation sites (tertiary alicyclic amines) is 2. The molecule has 1 N–H and O–H groups in total. The molecule has 5 heteroatoms. The third-order valence-corrected chi connectivity index (χ3v) is 6.56. The molecule has 2 aliphatic heterocycles. The maximum atomic E-state index is 12.7. The van der Waals surface area contributed by atoms with Crippen molar-refractivity contribution in [2.45, 2.75) is 69.6 Å². The molecular formula is C21H28N2O3. The molecule has 1 aliphatic carbocycles.